The van der Waals surface area contributed by atoms with Crippen molar-refractivity contribution < 1.29 is 9.18 Å². The molecule has 1 aliphatic heterocycles. The van der Waals surface area contributed by atoms with Gasteiger partial charge in [-0.1, -0.05) is 12.1 Å². The van der Waals surface area contributed by atoms with E-state index in [1.54, 1.807) is 6.07 Å². The van der Waals surface area contributed by atoms with Crippen LogP contribution in [0.25, 0.3) is 5.69 Å². The van der Waals surface area contributed by atoms with Gasteiger partial charge in [-0.2, -0.15) is 5.10 Å². The Morgan fingerprint density at radius 1 is 1.14 bits per heavy atom. The second-order valence-corrected chi connectivity index (χ2v) is 7.16. The van der Waals surface area contributed by atoms with E-state index in [9.17, 15) is 9.18 Å². The number of aromatic nitrogens is 2. The molecule has 2 aromatic carbocycles. The van der Waals surface area contributed by atoms with Crippen LogP contribution in [0, 0.1) is 19.7 Å². The molecule has 1 fully saturated rings. The number of benzene rings is 2. The van der Waals surface area contributed by atoms with Crippen molar-refractivity contribution in [3.8, 4) is 5.69 Å². The minimum absolute atomic E-state index is 0.0457. The van der Waals surface area contributed by atoms with Gasteiger partial charge in [0.1, 0.15) is 5.82 Å². The highest BCUT2D eigenvalue weighted by Gasteiger charge is 2.28. The number of halogens is 1. The highest BCUT2D eigenvalue weighted by molar-refractivity contribution is 5.94. The summed E-state index contributed by atoms with van der Waals surface area (Å²) in [5.41, 5.74) is 4.35. The van der Waals surface area contributed by atoms with Crippen LogP contribution in [0.2, 0.25) is 0 Å². The largest absolute Gasteiger partial charge is 0.329 e. The molecule has 1 saturated heterocycles. The lowest BCUT2D eigenvalue weighted by atomic mass is 10.0. The van der Waals surface area contributed by atoms with Crippen molar-refractivity contribution in [2.45, 2.75) is 19.9 Å². The second-order valence-electron chi connectivity index (χ2n) is 7.16. The van der Waals surface area contributed by atoms with Gasteiger partial charge in [0.2, 0.25) is 0 Å². The molecule has 1 unspecified atom stereocenters. The van der Waals surface area contributed by atoms with Gasteiger partial charge in [-0.25, -0.2) is 9.07 Å². The minimum atomic E-state index is -0.287. The first-order valence-corrected chi connectivity index (χ1v) is 9.44. The van der Waals surface area contributed by atoms with Crippen molar-refractivity contribution in [2.75, 3.05) is 19.6 Å². The van der Waals surface area contributed by atoms with Crippen LogP contribution < -0.4 is 5.32 Å². The smallest absolute Gasteiger partial charge is 0.254 e. The first-order valence-electron chi connectivity index (χ1n) is 9.44. The van der Waals surface area contributed by atoms with Gasteiger partial charge >= 0.3 is 0 Å². The van der Waals surface area contributed by atoms with Gasteiger partial charge in [-0.15, -0.1) is 0 Å². The molecule has 0 aliphatic carbocycles. The summed E-state index contributed by atoms with van der Waals surface area (Å²) in [7, 11) is 0. The van der Waals surface area contributed by atoms with Crippen LogP contribution in [-0.2, 0) is 0 Å². The molecule has 28 heavy (non-hydrogen) atoms. The predicted molar refractivity (Wildman–Crippen MR) is 106 cm³/mol. The number of hydrogen-bond donors (Lipinski definition) is 1. The van der Waals surface area contributed by atoms with Crippen LogP contribution in [-0.4, -0.2) is 40.2 Å². The Morgan fingerprint density at radius 3 is 2.61 bits per heavy atom. The zero-order valence-corrected chi connectivity index (χ0v) is 16.0. The summed E-state index contributed by atoms with van der Waals surface area (Å²) in [6.45, 7) is 5.88. The SMILES string of the molecule is Cc1cc(C)n(-c2ccc(C(=O)N3CCNCC3c3cccc(F)c3)cc2)n1. The Hall–Kier alpha value is -2.99. The maximum Gasteiger partial charge on any atom is 0.254 e. The lowest BCUT2D eigenvalue weighted by molar-refractivity contribution is 0.0634. The molecule has 1 atom stereocenters. The third-order valence-electron chi connectivity index (χ3n) is 5.11. The predicted octanol–water partition coefficient (Wildman–Crippen LogP) is 3.41. The van der Waals surface area contributed by atoms with Crippen molar-refractivity contribution in [2.24, 2.45) is 0 Å². The minimum Gasteiger partial charge on any atom is -0.329 e. The monoisotopic (exact) mass is 378 g/mol. The molecule has 0 radical (unpaired) electrons. The molecule has 144 valence electrons. The zero-order chi connectivity index (χ0) is 19.7. The van der Waals surface area contributed by atoms with Crippen LogP contribution in [0.1, 0.15) is 33.4 Å². The molecule has 0 bridgehead atoms. The number of piperazine rings is 1. The molecular weight excluding hydrogens is 355 g/mol. The fourth-order valence-electron chi connectivity index (χ4n) is 3.76. The number of carbonyl (C=O) groups excluding carboxylic acids is 1. The number of amides is 1. The quantitative estimate of drug-likeness (QED) is 0.760. The second kappa shape index (κ2) is 7.56. The average molecular weight is 378 g/mol. The molecule has 1 amide bonds. The van der Waals surface area contributed by atoms with Crippen LogP contribution >= 0.6 is 0 Å². The zero-order valence-electron chi connectivity index (χ0n) is 16.0. The highest BCUT2D eigenvalue weighted by atomic mass is 19.1. The normalized spacial score (nSPS) is 17.0. The molecule has 1 aromatic heterocycles. The fraction of sp³-hybridized carbons (Fsp3) is 0.273. The fourth-order valence-corrected chi connectivity index (χ4v) is 3.76. The van der Waals surface area contributed by atoms with Crippen LogP contribution in [0.5, 0.6) is 0 Å². The third-order valence-corrected chi connectivity index (χ3v) is 5.11. The van der Waals surface area contributed by atoms with Crippen molar-refractivity contribution in [1.29, 1.82) is 0 Å². The molecule has 1 N–H and O–H groups in total. The molecule has 5 nitrogen and oxygen atoms in total. The van der Waals surface area contributed by atoms with Crippen molar-refractivity contribution in [3.05, 3.63) is 82.9 Å². The van der Waals surface area contributed by atoms with E-state index in [1.165, 1.54) is 12.1 Å². The molecule has 3 aromatic rings. The van der Waals surface area contributed by atoms with Crippen LogP contribution in [0.4, 0.5) is 4.39 Å². The van der Waals surface area contributed by atoms with Gasteiger partial charge in [-0.05, 0) is 61.9 Å². The summed E-state index contributed by atoms with van der Waals surface area (Å²) in [6, 6.07) is 15.8. The first kappa shape index (κ1) is 18.4. The number of rotatable bonds is 3. The van der Waals surface area contributed by atoms with E-state index in [0.29, 0.717) is 18.7 Å². The maximum atomic E-state index is 13.7. The van der Waals surface area contributed by atoms with E-state index in [-0.39, 0.29) is 17.8 Å². The highest BCUT2D eigenvalue weighted by Crippen LogP contribution is 2.25. The summed E-state index contributed by atoms with van der Waals surface area (Å²) < 4.78 is 15.5. The average Bonchev–Trinajstić information content (AvgIpc) is 3.05. The molecule has 2 heterocycles. The van der Waals surface area contributed by atoms with Gasteiger partial charge in [0.25, 0.3) is 5.91 Å². The Bertz CT molecular complexity index is 996. The van der Waals surface area contributed by atoms with Gasteiger partial charge in [0, 0.05) is 30.9 Å². The van der Waals surface area contributed by atoms with Gasteiger partial charge in [-0.3, -0.25) is 4.79 Å². The summed E-state index contributed by atoms with van der Waals surface area (Å²) in [5, 5.41) is 7.78. The number of aryl methyl sites for hydroxylation is 2. The summed E-state index contributed by atoms with van der Waals surface area (Å²) in [6.07, 6.45) is 0. The topological polar surface area (TPSA) is 50.2 Å². The van der Waals surface area contributed by atoms with Crippen molar-refractivity contribution >= 4 is 5.91 Å². The number of carbonyl (C=O) groups is 1. The standard InChI is InChI=1S/C22H23FN4O/c1-15-12-16(2)27(25-15)20-8-6-17(7-9-20)22(28)26-11-10-24-14-21(26)18-4-3-5-19(23)13-18/h3-9,12-13,21,24H,10-11,14H2,1-2H3. The van der Waals surface area contributed by atoms with Crippen molar-refractivity contribution in [1.82, 2.24) is 20.0 Å². The molecule has 4 rings (SSSR count). The Kier molecular flexibility index (Phi) is 4.96. The number of nitrogens with zero attached hydrogens (tertiary/aromatic N) is 3. The summed E-state index contributed by atoms with van der Waals surface area (Å²) in [4.78, 5) is 15.0. The van der Waals surface area contributed by atoms with E-state index >= 15 is 0 Å². The van der Waals surface area contributed by atoms with E-state index in [0.717, 1.165) is 29.2 Å². The molecule has 0 saturated carbocycles. The summed E-state index contributed by atoms with van der Waals surface area (Å²) in [5.74, 6) is -0.333. The lowest BCUT2D eigenvalue weighted by Gasteiger charge is -2.36. The van der Waals surface area contributed by atoms with Crippen LogP contribution in [0.3, 0.4) is 0 Å². The Labute approximate surface area is 163 Å². The van der Waals surface area contributed by atoms with E-state index < -0.39 is 0 Å². The Balaban J connectivity index is 1.59. The maximum absolute atomic E-state index is 13.7. The van der Waals surface area contributed by atoms with E-state index in [4.69, 9.17) is 0 Å². The van der Waals surface area contributed by atoms with Crippen LogP contribution in [0.15, 0.2) is 54.6 Å². The van der Waals surface area contributed by atoms with Gasteiger partial charge in [0.15, 0.2) is 0 Å². The Morgan fingerprint density at radius 2 is 1.93 bits per heavy atom. The van der Waals surface area contributed by atoms with Gasteiger partial charge in [0.05, 0.1) is 17.4 Å². The van der Waals surface area contributed by atoms with E-state index in [1.807, 2.05) is 59.8 Å². The van der Waals surface area contributed by atoms with Crippen molar-refractivity contribution in [3.63, 3.8) is 0 Å². The molecule has 6 heteroatoms. The third kappa shape index (κ3) is 3.55. The molecule has 0 spiro atoms. The molecular formula is C22H23FN4O. The first-order chi connectivity index (χ1) is 13.5. The number of hydrogen-bond acceptors (Lipinski definition) is 3. The van der Waals surface area contributed by atoms with E-state index in [2.05, 4.69) is 10.4 Å². The lowest BCUT2D eigenvalue weighted by Crippen LogP contribution is -2.48. The van der Waals surface area contributed by atoms with Gasteiger partial charge < -0.3 is 10.2 Å². The molecule has 1 aliphatic rings. The summed E-state index contributed by atoms with van der Waals surface area (Å²) >= 11 is 0. The number of nitrogens with one attached hydrogen (secondary N) is 1.